The van der Waals surface area contributed by atoms with Gasteiger partial charge >= 0.3 is 0 Å². The number of hydrogen-bond donors (Lipinski definition) is 2. The van der Waals surface area contributed by atoms with Gasteiger partial charge in [-0.15, -0.1) is 0 Å². The SMILES string of the molecule is CNS(=O)(=O)NCc1ccc(C#N)cc1. The quantitative estimate of drug-likeness (QED) is 0.763. The molecule has 0 radical (unpaired) electrons. The largest absolute Gasteiger partial charge is 0.276 e. The maximum atomic E-state index is 11.0. The zero-order valence-electron chi connectivity index (χ0n) is 8.19. The van der Waals surface area contributed by atoms with Crippen molar-refractivity contribution in [3.05, 3.63) is 35.4 Å². The van der Waals surface area contributed by atoms with E-state index in [0.29, 0.717) is 5.56 Å². The van der Waals surface area contributed by atoms with Crippen LogP contribution in [0.3, 0.4) is 0 Å². The molecule has 1 aromatic rings. The molecule has 0 saturated carbocycles. The molecule has 0 unspecified atom stereocenters. The summed E-state index contributed by atoms with van der Waals surface area (Å²) in [6, 6.07) is 8.68. The highest BCUT2D eigenvalue weighted by molar-refractivity contribution is 7.87. The molecule has 0 aliphatic carbocycles. The average molecular weight is 225 g/mol. The van der Waals surface area contributed by atoms with Crippen molar-refractivity contribution in [2.45, 2.75) is 6.54 Å². The van der Waals surface area contributed by atoms with Crippen LogP contribution in [0.2, 0.25) is 0 Å². The molecule has 0 fully saturated rings. The van der Waals surface area contributed by atoms with E-state index in [0.717, 1.165) is 5.56 Å². The molecule has 0 spiro atoms. The summed E-state index contributed by atoms with van der Waals surface area (Å²) in [6.07, 6.45) is 0. The standard InChI is InChI=1S/C9H11N3O2S/c1-11-15(13,14)12-7-9-4-2-8(6-10)3-5-9/h2-5,11-12H,7H2,1H3. The molecule has 1 aromatic carbocycles. The fourth-order valence-corrected chi connectivity index (χ4v) is 1.45. The fraction of sp³-hybridized carbons (Fsp3) is 0.222. The van der Waals surface area contributed by atoms with E-state index < -0.39 is 10.2 Å². The molecule has 0 bridgehead atoms. The van der Waals surface area contributed by atoms with Crippen molar-refractivity contribution in [3.8, 4) is 6.07 Å². The molecule has 1 rings (SSSR count). The lowest BCUT2D eigenvalue weighted by Gasteiger charge is -2.04. The summed E-state index contributed by atoms with van der Waals surface area (Å²) in [5.74, 6) is 0. The van der Waals surface area contributed by atoms with Crippen molar-refractivity contribution in [3.63, 3.8) is 0 Å². The van der Waals surface area contributed by atoms with Crippen molar-refractivity contribution in [2.24, 2.45) is 0 Å². The van der Waals surface area contributed by atoms with Crippen LogP contribution in [-0.4, -0.2) is 15.5 Å². The van der Waals surface area contributed by atoms with Crippen molar-refractivity contribution >= 4 is 10.2 Å². The van der Waals surface area contributed by atoms with Gasteiger partial charge in [0.2, 0.25) is 0 Å². The van der Waals surface area contributed by atoms with Gasteiger partial charge < -0.3 is 0 Å². The summed E-state index contributed by atoms with van der Waals surface area (Å²) in [5.41, 5.74) is 1.35. The van der Waals surface area contributed by atoms with Crippen LogP contribution in [0.5, 0.6) is 0 Å². The van der Waals surface area contributed by atoms with E-state index in [-0.39, 0.29) is 6.54 Å². The lowest BCUT2D eigenvalue weighted by molar-refractivity contribution is 0.573. The highest BCUT2D eigenvalue weighted by atomic mass is 32.2. The molecule has 0 aliphatic heterocycles. The van der Waals surface area contributed by atoms with Crippen molar-refractivity contribution in [1.29, 1.82) is 5.26 Å². The van der Waals surface area contributed by atoms with Crippen LogP contribution >= 0.6 is 0 Å². The second-order valence-corrected chi connectivity index (χ2v) is 4.54. The smallest absolute Gasteiger partial charge is 0.205 e. The van der Waals surface area contributed by atoms with Crippen LogP contribution in [0.4, 0.5) is 0 Å². The third-order valence-electron chi connectivity index (χ3n) is 1.82. The minimum atomic E-state index is -3.40. The molecule has 0 saturated heterocycles. The van der Waals surface area contributed by atoms with Gasteiger partial charge in [-0.3, -0.25) is 0 Å². The first kappa shape index (κ1) is 11.7. The van der Waals surface area contributed by atoms with Crippen LogP contribution < -0.4 is 9.44 Å². The van der Waals surface area contributed by atoms with E-state index in [9.17, 15) is 8.42 Å². The zero-order valence-corrected chi connectivity index (χ0v) is 9.00. The first-order chi connectivity index (χ1) is 7.07. The molecule has 5 nitrogen and oxygen atoms in total. The molecular formula is C9H11N3O2S. The average Bonchev–Trinajstić information content (AvgIpc) is 2.27. The van der Waals surface area contributed by atoms with Gasteiger partial charge in [0.1, 0.15) is 0 Å². The van der Waals surface area contributed by atoms with E-state index in [1.54, 1.807) is 24.3 Å². The van der Waals surface area contributed by atoms with Crippen LogP contribution in [0.15, 0.2) is 24.3 Å². The minimum absolute atomic E-state index is 0.203. The number of benzene rings is 1. The first-order valence-corrected chi connectivity index (χ1v) is 5.73. The van der Waals surface area contributed by atoms with Crippen molar-refractivity contribution in [2.75, 3.05) is 7.05 Å². The number of hydrogen-bond acceptors (Lipinski definition) is 3. The normalized spacial score (nSPS) is 10.9. The van der Waals surface area contributed by atoms with E-state index in [1.165, 1.54) is 7.05 Å². The first-order valence-electron chi connectivity index (χ1n) is 4.24. The van der Waals surface area contributed by atoms with E-state index >= 15 is 0 Å². The van der Waals surface area contributed by atoms with Crippen molar-refractivity contribution in [1.82, 2.24) is 9.44 Å². The molecule has 6 heteroatoms. The molecule has 80 valence electrons. The zero-order chi connectivity index (χ0) is 11.3. The Balaban J connectivity index is 2.64. The lowest BCUT2D eigenvalue weighted by Crippen LogP contribution is -2.33. The maximum Gasteiger partial charge on any atom is 0.276 e. The fourth-order valence-electron chi connectivity index (χ4n) is 0.948. The highest BCUT2D eigenvalue weighted by Crippen LogP contribution is 2.02. The van der Waals surface area contributed by atoms with Gasteiger partial charge in [0.25, 0.3) is 10.2 Å². The Morgan fingerprint density at radius 1 is 1.33 bits per heavy atom. The van der Waals surface area contributed by atoms with Gasteiger partial charge in [-0.2, -0.15) is 18.4 Å². The maximum absolute atomic E-state index is 11.0. The number of nitrogens with one attached hydrogen (secondary N) is 2. The van der Waals surface area contributed by atoms with E-state index in [2.05, 4.69) is 9.44 Å². The predicted molar refractivity (Wildman–Crippen MR) is 56.0 cm³/mol. The molecule has 0 aliphatic rings. The van der Waals surface area contributed by atoms with E-state index in [1.807, 2.05) is 6.07 Å². The Bertz CT molecular complexity index is 459. The Morgan fingerprint density at radius 3 is 2.40 bits per heavy atom. The van der Waals surface area contributed by atoms with Crippen LogP contribution in [0.1, 0.15) is 11.1 Å². The third kappa shape index (κ3) is 3.67. The summed E-state index contributed by atoms with van der Waals surface area (Å²) < 4.78 is 26.5. The Labute approximate surface area is 88.9 Å². The second-order valence-electron chi connectivity index (χ2n) is 2.84. The van der Waals surface area contributed by atoms with E-state index in [4.69, 9.17) is 5.26 Å². The number of nitriles is 1. The molecule has 0 atom stereocenters. The van der Waals surface area contributed by atoms with Crippen molar-refractivity contribution < 1.29 is 8.42 Å². The van der Waals surface area contributed by atoms with Gasteiger partial charge in [0.05, 0.1) is 11.6 Å². The Hall–Kier alpha value is -1.42. The molecule has 0 heterocycles. The molecular weight excluding hydrogens is 214 g/mol. The van der Waals surface area contributed by atoms with Gasteiger partial charge in [-0.1, -0.05) is 12.1 Å². The monoisotopic (exact) mass is 225 g/mol. The van der Waals surface area contributed by atoms with Gasteiger partial charge in [-0.25, -0.2) is 4.72 Å². The number of nitrogens with zero attached hydrogens (tertiary/aromatic N) is 1. The van der Waals surface area contributed by atoms with Crippen LogP contribution in [0, 0.1) is 11.3 Å². The summed E-state index contributed by atoms with van der Waals surface area (Å²) >= 11 is 0. The third-order valence-corrected chi connectivity index (χ3v) is 2.88. The molecule has 0 amide bonds. The minimum Gasteiger partial charge on any atom is -0.205 e. The van der Waals surface area contributed by atoms with Gasteiger partial charge in [-0.05, 0) is 17.7 Å². The molecule has 15 heavy (non-hydrogen) atoms. The lowest BCUT2D eigenvalue weighted by atomic mass is 10.1. The highest BCUT2D eigenvalue weighted by Gasteiger charge is 2.04. The topological polar surface area (TPSA) is 82.0 Å². The van der Waals surface area contributed by atoms with Crippen LogP contribution in [0.25, 0.3) is 0 Å². The Morgan fingerprint density at radius 2 is 1.93 bits per heavy atom. The summed E-state index contributed by atoms with van der Waals surface area (Å²) in [4.78, 5) is 0. The Kier molecular flexibility index (Phi) is 3.80. The summed E-state index contributed by atoms with van der Waals surface area (Å²) in [5, 5.41) is 8.55. The van der Waals surface area contributed by atoms with Gasteiger partial charge in [0, 0.05) is 13.6 Å². The second kappa shape index (κ2) is 4.89. The summed E-state index contributed by atoms with van der Waals surface area (Å²) in [7, 11) is -2.06. The van der Waals surface area contributed by atoms with Crippen LogP contribution in [-0.2, 0) is 16.8 Å². The number of rotatable bonds is 4. The molecule has 2 N–H and O–H groups in total. The molecule has 0 aromatic heterocycles. The predicted octanol–water partition coefficient (Wildman–Crippen LogP) is 0.112. The van der Waals surface area contributed by atoms with Gasteiger partial charge in [0.15, 0.2) is 0 Å². The summed E-state index contributed by atoms with van der Waals surface area (Å²) in [6.45, 7) is 0.203.